The topological polar surface area (TPSA) is 99.0 Å². The zero-order chi connectivity index (χ0) is 17.2. The first kappa shape index (κ1) is 16.1. The quantitative estimate of drug-likeness (QED) is 0.509. The molecule has 0 aromatic heterocycles. The number of esters is 1. The highest BCUT2D eigenvalue weighted by atomic mass is 16.6. The maximum absolute atomic E-state index is 12.6. The van der Waals surface area contributed by atoms with Crippen LogP contribution in [0.15, 0.2) is 42.5 Å². The average molecular weight is 329 g/mol. The molecule has 0 atom stereocenters. The van der Waals surface area contributed by atoms with E-state index in [1.54, 1.807) is 0 Å². The fourth-order valence-electron chi connectivity index (χ4n) is 2.99. The minimum absolute atomic E-state index is 0.181. The zero-order valence-corrected chi connectivity index (χ0v) is 13.0. The SMILES string of the molecule is O=C(OC1(c2ccccc2)CCNCC1)c1ccc(O)c(O)c1O. The largest absolute Gasteiger partial charge is 0.504 e. The molecule has 24 heavy (non-hydrogen) atoms. The van der Waals surface area contributed by atoms with Crippen LogP contribution < -0.4 is 5.32 Å². The predicted molar refractivity (Wildman–Crippen MR) is 87.1 cm³/mol. The van der Waals surface area contributed by atoms with E-state index < -0.39 is 28.8 Å². The monoisotopic (exact) mass is 329 g/mol. The molecule has 0 amide bonds. The first-order chi connectivity index (χ1) is 11.5. The zero-order valence-electron chi connectivity index (χ0n) is 13.0. The lowest BCUT2D eigenvalue weighted by molar-refractivity contribution is -0.0380. The maximum atomic E-state index is 12.6. The van der Waals surface area contributed by atoms with Crippen LogP contribution in [0, 0.1) is 0 Å². The fourth-order valence-corrected chi connectivity index (χ4v) is 2.99. The Balaban J connectivity index is 1.94. The molecule has 0 radical (unpaired) electrons. The molecule has 6 nitrogen and oxygen atoms in total. The smallest absolute Gasteiger partial charge is 0.342 e. The van der Waals surface area contributed by atoms with Crippen molar-refractivity contribution < 1.29 is 24.9 Å². The minimum atomic E-state index is -0.788. The number of piperidine rings is 1. The third kappa shape index (κ3) is 2.88. The third-order valence-electron chi connectivity index (χ3n) is 4.35. The number of aromatic hydroxyl groups is 3. The number of ether oxygens (including phenoxy) is 1. The molecule has 4 N–H and O–H groups in total. The van der Waals surface area contributed by atoms with Gasteiger partial charge in [0.15, 0.2) is 11.5 Å². The summed E-state index contributed by atoms with van der Waals surface area (Å²) in [7, 11) is 0. The standard InChI is InChI=1S/C18H19NO5/c20-14-7-6-13(15(21)16(14)22)17(23)24-18(8-10-19-11-9-18)12-4-2-1-3-5-12/h1-7,19-22H,8-11H2. The molecule has 0 aliphatic carbocycles. The third-order valence-corrected chi connectivity index (χ3v) is 4.35. The molecule has 6 heteroatoms. The van der Waals surface area contributed by atoms with E-state index >= 15 is 0 Å². The van der Waals surface area contributed by atoms with Gasteiger partial charge in [-0.1, -0.05) is 30.3 Å². The molecule has 0 spiro atoms. The highest BCUT2D eigenvalue weighted by Gasteiger charge is 2.38. The van der Waals surface area contributed by atoms with E-state index in [1.165, 1.54) is 6.07 Å². The second-order valence-electron chi connectivity index (χ2n) is 5.83. The van der Waals surface area contributed by atoms with Crippen molar-refractivity contribution in [2.75, 3.05) is 13.1 Å². The van der Waals surface area contributed by atoms with Crippen LogP contribution in [0.2, 0.25) is 0 Å². The summed E-state index contributed by atoms with van der Waals surface area (Å²) in [6.07, 6.45) is 1.21. The number of benzene rings is 2. The molecule has 0 bridgehead atoms. The summed E-state index contributed by atoms with van der Waals surface area (Å²) in [6, 6.07) is 11.9. The highest BCUT2D eigenvalue weighted by molar-refractivity contribution is 5.94. The van der Waals surface area contributed by atoms with Gasteiger partial charge in [-0.15, -0.1) is 0 Å². The lowest BCUT2D eigenvalue weighted by Gasteiger charge is -2.37. The second-order valence-corrected chi connectivity index (χ2v) is 5.83. The van der Waals surface area contributed by atoms with Gasteiger partial charge < -0.3 is 25.4 Å². The van der Waals surface area contributed by atoms with Crippen LogP contribution in [-0.2, 0) is 10.3 Å². The van der Waals surface area contributed by atoms with Crippen LogP contribution in [0.5, 0.6) is 17.2 Å². The van der Waals surface area contributed by atoms with Gasteiger partial charge in [0.1, 0.15) is 11.2 Å². The summed E-state index contributed by atoms with van der Waals surface area (Å²) in [5.41, 5.74) is -0.0785. The first-order valence-corrected chi connectivity index (χ1v) is 7.77. The molecule has 126 valence electrons. The molecule has 1 saturated heterocycles. The number of carbonyl (C=O) groups excluding carboxylic acids is 1. The molecule has 1 fully saturated rings. The van der Waals surface area contributed by atoms with Gasteiger partial charge in [0.05, 0.1) is 0 Å². The van der Waals surface area contributed by atoms with Crippen LogP contribution in [0.3, 0.4) is 0 Å². The van der Waals surface area contributed by atoms with Crippen molar-refractivity contribution in [1.82, 2.24) is 5.32 Å². The highest BCUT2D eigenvalue weighted by Crippen LogP contribution is 2.40. The van der Waals surface area contributed by atoms with Gasteiger partial charge in [0.2, 0.25) is 5.75 Å². The molecular formula is C18H19NO5. The van der Waals surface area contributed by atoms with Gasteiger partial charge in [-0.25, -0.2) is 4.79 Å². The maximum Gasteiger partial charge on any atom is 0.342 e. The molecule has 1 aliphatic rings. The molecule has 3 rings (SSSR count). The molecule has 0 unspecified atom stereocenters. The summed E-state index contributed by atoms with van der Waals surface area (Å²) in [4.78, 5) is 12.6. The molecule has 2 aromatic rings. The Kier molecular flexibility index (Phi) is 4.31. The van der Waals surface area contributed by atoms with E-state index in [-0.39, 0.29) is 5.56 Å². The number of phenolic OH excluding ortho intramolecular Hbond substituents is 3. The van der Waals surface area contributed by atoms with E-state index in [0.29, 0.717) is 25.9 Å². The van der Waals surface area contributed by atoms with Crippen LogP contribution in [0.25, 0.3) is 0 Å². The number of hydrogen-bond donors (Lipinski definition) is 4. The van der Waals surface area contributed by atoms with Crippen LogP contribution in [0.1, 0.15) is 28.8 Å². The average Bonchev–Trinajstić information content (AvgIpc) is 2.61. The number of rotatable bonds is 3. The van der Waals surface area contributed by atoms with E-state index in [2.05, 4.69) is 5.32 Å². The summed E-state index contributed by atoms with van der Waals surface area (Å²) in [6.45, 7) is 1.41. The predicted octanol–water partition coefficient (Wildman–Crippen LogP) is 2.24. The summed E-state index contributed by atoms with van der Waals surface area (Å²) < 4.78 is 5.80. The van der Waals surface area contributed by atoms with E-state index in [4.69, 9.17) is 4.74 Å². The van der Waals surface area contributed by atoms with E-state index in [0.717, 1.165) is 11.6 Å². The summed E-state index contributed by atoms with van der Waals surface area (Å²) in [5.74, 6) is -2.65. The van der Waals surface area contributed by atoms with Crippen molar-refractivity contribution in [3.63, 3.8) is 0 Å². The van der Waals surface area contributed by atoms with Gasteiger partial charge in [-0.3, -0.25) is 0 Å². The van der Waals surface area contributed by atoms with Crippen molar-refractivity contribution in [2.45, 2.75) is 18.4 Å². The fraction of sp³-hybridized carbons (Fsp3) is 0.278. The Morgan fingerprint density at radius 3 is 2.29 bits per heavy atom. The van der Waals surface area contributed by atoms with Crippen molar-refractivity contribution in [2.24, 2.45) is 0 Å². The number of hydrogen-bond acceptors (Lipinski definition) is 6. The van der Waals surface area contributed by atoms with Crippen molar-refractivity contribution in [3.8, 4) is 17.2 Å². The second kappa shape index (κ2) is 6.41. The van der Waals surface area contributed by atoms with Crippen LogP contribution >= 0.6 is 0 Å². The Hall–Kier alpha value is -2.73. The van der Waals surface area contributed by atoms with Crippen molar-refractivity contribution in [1.29, 1.82) is 0 Å². The van der Waals surface area contributed by atoms with Gasteiger partial charge >= 0.3 is 5.97 Å². The van der Waals surface area contributed by atoms with E-state index in [1.807, 2.05) is 30.3 Å². The lowest BCUT2D eigenvalue weighted by atomic mass is 9.84. The number of nitrogens with one attached hydrogen (secondary N) is 1. The first-order valence-electron chi connectivity index (χ1n) is 7.77. The van der Waals surface area contributed by atoms with Crippen molar-refractivity contribution in [3.05, 3.63) is 53.6 Å². The van der Waals surface area contributed by atoms with Crippen molar-refractivity contribution >= 4 is 5.97 Å². The molecule has 2 aromatic carbocycles. The van der Waals surface area contributed by atoms with Gasteiger partial charge in [-0.05, 0) is 30.8 Å². The Bertz CT molecular complexity index is 739. The number of phenols is 3. The lowest BCUT2D eigenvalue weighted by Crippen LogP contribution is -2.43. The van der Waals surface area contributed by atoms with Gasteiger partial charge in [0, 0.05) is 12.8 Å². The van der Waals surface area contributed by atoms with Crippen LogP contribution in [-0.4, -0.2) is 34.4 Å². The minimum Gasteiger partial charge on any atom is -0.504 e. The van der Waals surface area contributed by atoms with Crippen LogP contribution in [0.4, 0.5) is 0 Å². The number of carbonyl (C=O) groups is 1. The Morgan fingerprint density at radius 2 is 1.62 bits per heavy atom. The molecular weight excluding hydrogens is 310 g/mol. The Labute approximate surface area is 139 Å². The normalized spacial score (nSPS) is 16.5. The summed E-state index contributed by atoms with van der Waals surface area (Å²) in [5, 5.41) is 32.1. The Morgan fingerprint density at radius 1 is 0.958 bits per heavy atom. The van der Waals surface area contributed by atoms with E-state index in [9.17, 15) is 20.1 Å². The molecule has 0 saturated carbocycles. The van der Waals surface area contributed by atoms with Gasteiger partial charge in [-0.2, -0.15) is 0 Å². The summed E-state index contributed by atoms with van der Waals surface area (Å²) >= 11 is 0. The van der Waals surface area contributed by atoms with Gasteiger partial charge in [0.25, 0.3) is 0 Å². The molecule has 1 heterocycles. The molecule has 1 aliphatic heterocycles.